The van der Waals surface area contributed by atoms with E-state index >= 15 is 0 Å². The molecule has 0 bridgehead atoms. The van der Waals surface area contributed by atoms with Crippen molar-refractivity contribution in [2.24, 2.45) is 0 Å². The summed E-state index contributed by atoms with van der Waals surface area (Å²) in [6.07, 6.45) is 4.75. The molecule has 0 fully saturated rings. The van der Waals surface area contributed by atoms with Gasteiger partial charge in [0.15, 0.2) is 0 Å². The summed E-state index contributed by atoms with van der Waals surface area (Å²) in [5, 5.41) is 5.31. The van der Waals surface area contributed by atoms with Crippen molar-refractivity contribution in [2.75, 3.05) is 9.71 Å². The smallest absolute Gasteiger partial charge is 0.334 e. The molecular weight excluding hydrogens is 828 g/mol. The third-order valence-corrected chi connectivity index (χ3v) is 18.2. The van der Waals surface area contributed by atoms with E-state index in [4.69, 9.17) is 0 Å². The number of aryl methyl sites for hydroxylation is 1. The standard InChI is InChI=1S/C63H65BN2S/c1-38-32-47-49(62(9,10)30-28-60(47,5)6)36-52(38)65-53-34-41(39-18-14-13-15-19-39)33-46-55-44-21-17-16-20-40(44)22-27-51(55)66(43-25-23-42(24-26-43)59(2,3)4)64(56(46)53)57-45-35-48-50(37-54(45)67-58(57)65)63(11,12)31-29-61(48,7)8/h13-27,32-37H,28-31H2,1-12H3. The average molecular weight is 893 g/mol. The van der Waals surface area contributed by atoms with Gasteiger partial charge in [0, 0.05) is 27.3 Å². The van der Waals surface area contributed by atoms with Crippen LogP contribution < -0.4 is 20.6 Å². The van der Waals surface area contributed by atoms with Crippen LogP contribution in [0.5, 0.6) is 0 Å². The van der Waals surface area contributed by atoms with Crippen LogP contribution in [0.2, 0.25) is 0 Å². The highest BCUT2D eigenvalue weighted by Gasteiger charge is 2.49. The third-order valence-electron chi connectivity index (χ3n) is 17.1. The lowest BCUT2D eigenvalue weighted by Gasteiger charge is -2.46. The Labute approximate surface area is 404 Å². The number of nitrogens with zero attached hydrogens (tertiary/aromatic N) is 2. The zero-order valence-corrected chi connectivity index (χ0v) is 42.6. The SMILES string of the molecule is Cc1cc2c(cc1N1c3cc(-c4ccccc4)cc4c3B(c3c1sc1cc5c(cc31)C(C)(C)CCC5(C)C)N(c1ccc(C(C)(C)C)cc1)c1ccc3ccccc3c1-4)C(C)(C)CCC2(C)C. The van der Waals surface area contributed by atoms with Gasteiger partial charge in [-0.3, -0.25) is 0 Å². The Balaban J connectivity index is 1.26. The highest BCUT2D eigenvalue weighted by molar-refractivity contribution is 7.26. The van der Waals surface area contributed by atoms with E-state index in [0.717, 1.165) is 0 Å². The molecule has 7 aromatic carbocycles. The molecule has 0 unspecified atom stereocenters. The molecule has 0 radical (unpaired) electrons. The zero-order chi connectivity index (χ0) is 46.7. The summed E-state index contributed by atoms with van der Waals surface area (Å²) >= 11 is 2.02. The predicted molar refractivity (Wildman–Crippen MR) is 292 cm³/mol. The molecule has 2 aliphatic carbocycles. The molecule has 3 heterocycles. The Morgan fingerprint density at radius 2 is 1.12 bits per heavy atom. The Hall–Kier alpha value is -5.58. The van der Waals surface area contributed by atoms with Gasteiger partial charge >= 0.3 is 6.85 Å². The van der Waals surface area contributed by atoms with E-state index in [0.29, 0.717) is 0 Å². The van der Waals surface area contributed by atoms with Gasteiger partial charge in [-0.1, -0.05) is 155 Å². The second kappa shape index (κ2) is 14.2. The van der Waals surface area contributed by atoms with Crippen LogP contribution in [-0.4, -0.2) is 6.85 Å². The van der Waals surface area contributed by atoms with Gasteiger partial charge in [0.1, 0.15) is 0 Å². The lowest BCUT2D eigenvalue weighted by atomic mass is 9.43. The summed E-state index contributed by atoms with van der Waals surface area (Å²) in [5.74, 6) is 0. The zero-order valence-electron chi connectivity index (χ0n) is 41.8. The summed E-state index contributed by atoms with van der Waals surface area (Å²) in [6, 6.07) is 50.2. The fourth-order valence-electron chi connectivity index (χ4n) is 12.7. The minimum atomic E-state index is -0.0740. The monoisotopic (exact) mass is 892 g/mol. The molecule has 0 saturated carbocycles. The molecule has 4 aliphatic rings. The fourth-order valence-corrected chi connectivity index (χ4v) is 14.0. The molecule has 8 aromatic rings. The Bertz CT molecular complexity index is 3360. The normalized spacial score (nSPS) is 18.3. The summed E-state index contributed by atoms with van der Waals surface area (Å²) in [5.41, 5.74) is 22.2. The van der Waals surface area contributed by atoms with Crippen LogP contribution in [-0.2, 0) is 27.1 Å². The molecule has 0 N–H and O–H groups in total. The second-order valence-corrected chi connectivity index (χ2v) is 25.4. The third kappa shape index (κ3) is 6.34. The van der Waals surface area contributed by atoms with Crippen molar-refractivity contribution in [1.29, 1.82) is 0 Å². The molecule has 0 spiro atoms. The lowest BCUT2D eigenvalue weighted by molar-refractivity contribution is 0.332. The number of hydrogen-bond acceptors (Lipinski definition) is 3. The van der Waals surface area contributed by atoms with Crippen LogP contribution in [0.3, 0.4) is 0 Å². The molecule has 336 valence electrons. The number of benzene rings is 7. The Morgan fingerprint density at radius 1 is 0.522 bits per heavy atom. The van der Waals surface area contributed by atoms with Crippen LogP contribution in [0.25, 0.3) is 43.1 Å². The summed E-state index contributed by atoms with van der Waals surface area (Å²) in [4.78, 5) is 5.49. The topological polar surface area (TPSA) is 6.48 Å². The minimum absolute atomic E-state index is 0.0421. The van der Waals surface area contributed by atoms with E-state index in [9.17, 15) is 0 Å². The quantitative estimate of drug-likeness (QED) is 0.163. The first-order valence-corrected chi connectivity index (χ1v) is 25.8. The molecule has 2 aliphatic heterocycles. The number of anilines is 5. The van der Waals surface area contributed by atoms with Crippen LogP contribution >= 0.6 is 11.3 Å². The Morgan fingerprint density at radius 3 is 1.78 bits per heavy atom. The minimum Gasteiger partial charge on any atom is -0.376 e. The maximum absolute atomic E-state index is 2.75. The molecule has 4 heteroatoms. The van der Waals surface area contributed by atoms with Crippen molar-refractivity contribution in [1.82, 2.24) is 0 Å². The first-order valence-electron chi connectivity index (χ1n) is 25.0. The van der Waals surface area contributed by atoms with E-state index in [1.807, 2.05) is 11.3 Å². The fraction of sp³-hybridized carbons (Fsp3) is 0.333. The summed E-state index contributed by atoms with van der Waals surface area (Å²) in [7, 11) is 0. The molecule has 0 atom stereocenters. The van der Waals surface area contributed by atoms with Crippen molar-refractivity contribution >= 4 is 77.7 Å². The molecule has 2 nitrogen and oxygen atoms in total. The first kappa shape index (κ1) is 42.8. The van der Waals surface area contributed by atoms with Crippen LogP contribution in [0.4, 0.5) is 27.8 Å². The van der Waals surface area contributed by atoms with Gasteiger partial charge < -0.3 is 9.71 Å². The average Bonchev–Trinajstić information content (AvgIpc) is 3.67. The van der Waals surface area contributed by atoms with Gasteiger partial charge in [-0.2, -0.15) is 0 Å². The first-order chi connectivity index (χ1) is 31.7. The molecule has 12 rings (SSSR count). The lowest BCUT2D eigenvalue weighted by Crippen LogP contribution is -2.61. The van der Waals surface area contributed by atoms with Crippen LogP contribution in [0.15, 0.2) is 127 Å². The number of hydrogen-bond donors (Lipinski definition) is 0. The predicted octanol–water partition coefficient (Wildman–Crippen LogP) is 16.7. The molecule has 0 amide bonds. The second-order valence-electron chi connectivity index (χ2n) is 24.3. The number of rotatable bonds is 3. The summed E-state index contributed by atoms with van der Waals surface area (Å²) in [6.45, 7) is 29.1. The van der Waals surface area contributed by atoms with Gasteiger partial charge in [-0.15, -0.1) is 11.3 Å². The highest BCUT2D eigenvalue weighted by atomic mass is 32.1. The van der Waals surface area contributed by atoms with Gasteiger partial charge in [-0.25, -0.2) is 0 Å². The van der Waals surface area contributed by atoms with Crippen LogP contribution in [0.1, 0.15) is 135 Å². The van der Waals surface area contributed by atoms with Crippen molar-refractivity contribution in [3.05, 3.63) is 161 Å². The van der Waals surface area contributed by atoms with Crippen molar-refractivity contribution in [3.8, 4) is 22.3 Å². The van der Waals surface area contributed by atoms with Gasteiger partial charge in [0.05, 0.1) is 10.7 Å². The maximum atomic E-state index is 2.75. The van der Waals surface area contributed by atoms with Crippen LogP contribution in [0, 0.1) is 6.92 Å². The molecule has 67 heavy (non-hydrogen) atoms. The van der Waals surface area contributed by atoms with E-state index < -0.39 is 0 Å². The Kier molecular flexibility index (Phi) is 9.09. The van der Waals surface area contributed by atoms with E-state index in [-0.39, 0.29) is 33.9 Å². The van der Waals surface area contributed by atoms with Crippen molar-refractivity contribution in [2.45, 2.75) is 136 Å². The van der Waals surface area contributed by atoms with E-state index in [1.54, 1.807) is 0 Å². The van der Waals surface area contributed by atoms with Crippen molar-refractivity contribution < 1.29 is 0 Å². The van der Waals surface area contributed by atoms with E-state index in [2.05, 4.69) is 220 Å². The highest BCUT2D eigenvalue weighted by Crippen LogP contribution is 2.56. The van der Waals surface area contributed by atoms with Gasteiger partial charge in [-0.05, 0) is 185 Å². The number of thiophene rings is 1. The van der Waals surface area contributed by atoms with Gasteiger partial charge in [0.25, 0.3) is 0 Å². The summed E-state index contributed by atoms with van der Waals surface area (Å²) < 4.78 is 1.39. The van der Waals surface area contributed by atoms with E-state index in [1.165, 1.54) is 141 Å². The molecule has 1 aromatic heterocycles. The molecule has 0 saturated heterocycles. The molecular formula is C63H65BN2S. The number of fused-ring (bicyclic) bond motifs is 10. The van der Waals surface area contributed by atoms with Crippen molar-refractivity contribution in [3.63, 3.8) is 0 Å². The maximum Gasteiger partial charge on any atom is 0.334 e. The van der Waals surface area contributed by atoms with Gasteiger partial charge in [0.2, 0.25) is 0 Å². The largest absolute Gasteiger partial charge is 0.376 e.